The fourth-order valence-electron chi connectivity index (χ4n) is 6.17. The van der Waals surface area contributed by atoms with Crippen LogP contribution in [0.25, 0.3) is 22.5 Å². The first-order valence-electron chi connectivity index (χ1n) is 16.8. The summed E-state index contributed by atoms with van der Waals surface area (Å²) >= 11 is 0. The Kier molecular flexibility index (Phi) is 12.4. The molecular formula is C37H43ClN10O3. The first-order valence-corrected chi connectivity index (χ1v) is 16.8. The summed E-state index contributed by atoms with van der Waals surface area (Å²) in [4.78, 5) is 40.3. The predicted octanol–water partition coefficient (Wildman–Crippen LogP) is 4.59. The van der Waals surface area contributed by atoms with E-state index < -0.39 is 11.9 Å². The highest BCUT2D eigenvalue weighted by Crippen LogP contribution is 2.33. The smallest absolute Gasteiger partial charge is 0.251 e. The summed E-state index contributed by atoms with van der Waals surface area (Å²) in [5, 5.41) is 14.1. The van der Waals surface area contributed by atoms with Crippen LogP contribution < -0.4 is 26.0 Å². The lowest BCUT2D eigenvalue weighted by atomic mass is 9.81. The number of imide groups is 1. The molecule has 1 aliphatic carbocycles. The highest BCUT2D eigenvalue weighted by molar-refractivity contribution is 6.17. The van der Waals surface area contributed by atoms with Gasteiger partial charge in [-0.1, -0.05) is 54.6 Å². The van der Waals surface area contributed by atoms with Crippen LogP contribution in [0.4, 0.5) is 11.6 Å². The van der Waals surface area contributed by atoms with E-state index in [4.69, 9.17) is 16.2 Å². The zero-order chi connectivity index (χ0) is 35.0. The summed E-state index contributed by atoms with van der Waals surface area (Å²) in [6.45, 7) is 0.956. The Labute approximate surface area is 303 Å². The van der Waals surface area contributed by atoms with Crippen LogP contribution in [-0.4, -0.2) is 69.1 Å². The number of carbonyl (C=O) groups excluding carboxylic acids is 2. The van der Waals surface area contributed by atoms with E-state index in [2.05, 4.69) is 30.6 Å². The number of nitrogens with two attached hydrogens (primary N) is 2. The monoisotopic (exact) mass is 710 g/mol. The molecule has 51 heavy (non-hydrogen) atoms. The van der Waals surface area contributed by atoms with Crippen LogP contribution >= 0.6 is 12.4 Å². The summed E-state index contributed by atoms with van der Waals surface area (Å²) in [5.41, 5.74) is 17.1. The fourth-order valence-corrected chi connectivity index (χ4v) is 6.17. The molecular weight excluding hydrogens is 668 g/mol. The van der Waals surface area contributed by atoms with Gasteiger partial charge in [-0.15, -0.1) is 22.6 Å². The number of anilines is 2. The third kappa shape index (κ3) is 8.92. The Bertz CT molecular complexity index is 1870. The van der Waals surface area contributed by atoms with E-state index in [-0.39, 0.29) is 30.7 Å². The number of hydrogen-bond acceptors (Lipinski definition) is 11. The average Bonchev–Trinajstić information content (AvgIpc) is 3.70. The summed E-state index contributed by atoms with van der Waals surface area (Å²) in [5.74, 6) is 0.817. The van der Waals surface area contributed by atoms with Crippen molar-refractivity contribution in [2.24, 2.45) is 23.3 Å². The van der Waals surface area contributed by atoms with Crippen molar-refractivity contribution in [2.75, 3.05) is 30.4 Å². The molecule has 0 radical (unpaired) electrons. The summed E-state index contributed by atoms with van der Waals surface area (Å²) in [6.07, 6.45) is 5.05. The van der Waals surface area contributed by atoms with Crippen molar-refractivity contribution in [1.82, 2.24) is 30.6 Å². The molecule has 0 aliphatic heterocycles. The molecule has 0 spiro atoms. The molecule has 0 unspecified atom stereocenters. The number of tetrazole rings is 1. The standard InChI is InChI=1S/C37H42N10O3.ClH/c1-46(2)37-40-22-31(34(41-37)50-23-26-6-4-3-5-7-26)27-12-8-24(9-13-27)20-32(39)36(49)47(35(48)29-14-10-25(21-38)11-15-29)30-18-16-28(17-19-30)33-42-44-45-43-33;/h3-9,12-13,16-19,22,25,29,32H,10-11,14-15,20-21,23,38-39H2,1-2H3,(H,42,43,44,45);1H/t25-,29-,32-;/m0./s1. The van der Waals surface area contributed by atoms with Crippen LogP contribution in [0.3, 0.4) is 0 Å². The number of H-pyrrole nitrogens is 1. The minimum absolute atomic E-state index is 0. The molecule has 13 nitrogen and oxygen atoms in total. The van der Waals surface area contributed by atoms with Crippen LogP contribution in [0, 0.1) is 11.8 Å². The van der Waals surface area contributed by atoms with Gasteiger partial charge in [0.2, 0.25) is 23.6 Å². The molecule has 0 saturated heterocycles. The summed E-state index contributed by atoms with van der Waals surface area (Å²) in [6, 6.07) is 23.6. The second-order valence-corrected chi connectivity index (χ2v) is 12.8. The molecule has 2 heterocycles. The first kappa shape index (κ1) is 37.0. The molecule has 1 atom stereocenters. The maximum absolute atomic E-state index is 14.1. The molecule has 14 heteroatoms. The molecule has 3 aromatic carbocycles. The van der Waals surface area contributed by atoms with Gasteiger partial charge in [-0.05, 0) is 90.7 Å². The predicted molar refractivity (Wildman–Crippen MR) is 198 cm³/mol. The summed E-state index contributed by atoms with van der Waals surface area (Å²) < 4.78 is 6.18. The second-order valence-electron chi connectivity index (χ2n) is 12.8. The molecule has 266 valence electrons. The van der Waals surface area contributed by atoms with E-state index in [9.17, 15) is 9.59 Å². The molecule has 1 saturated carbocycles. The third-order valence-corrected chi connectivity index (χ3v) is 9.10. The van der Waals surface area contributed by atoms with E-state index in [0.29, 0.717) is 60.8 Å². The largest absolute Gasteiger partial charge is 0.472 e. The second kappa shape index (κ2) is 17.1. The summed E-state index contributed by atoms with van der Waals surface area (Å²) in [7, 11) is 3.75. The van der Waals surface area contributed by atoms with Gasteiger partial charge >= 0.3 is 0 Å². The van der Waals surface area contributed by atoms with Gasteiger partial charge in [-0.25, -0.2) is 9.88 Å². The van der Waals surface area contributed by atoms with E-state index in [1.807, 2.05) is 73.6 Å². The van der Waals surface area contributed by atoms with Gasteiger partial charge in [0.1, 0.15) is 6.61 Å². The number of carbonyl (C=O) groups is 2. The molecule has 2 amide bonds. The minimum Gasteiger partial charge on any atom is -0.472 e. The Balaban J connectivity index is 0.00000504. The number of aromatic nitrogens is 6. The molecule has 1 fully saturated rings. The lowest BCUT2D eigenvalue weighted by molar-refractivity contribution is -0.130. The zero-order valence-corrected chi connectivity index (χ0v) is 29.5. The third-order valence-electron chi connectivity index (χ3n) is 9.10. The topological polar surface area (TPSA) is 182 Å². The van der Waals surface area contributed by atoms with Gasteiger partial charge in [0.15, 0.2) is 0 Å². The number of hydrogen-bond donors (Lipinski definition) is 3. The molecule has 5 aromatic rings. The van der Waals surface area contributed by atoms with Gasteiger partial charge in [-0.2, -0.15) is 10.2 Å². The Hall–Kier alpha value is -5.24. The quantitative estimate of drug-likeness (QED) is 0.165. The Morgan fingerprint density at radius 3 is 2.24 bits per heavy atom. The normalized spacial score (nSPS) is 16.1. The van der Waals surface area contributed by atoms with Crippen LogP contribution in [0.5, 0.6) is 5.88 Å². The maximum atomic E-state index is 14.1. The maximum Gasteiger partial charge on any atom is 0.251 e. The van der Waals surface area contributed by atoms with Crippen molar-refractivity contribution in [3.63, 3.8) is 0 Å². The number of halogens is 1. The lowest BCUT2D eigenvalue weighted by Gasteiger charge is -2.32. The van der Waals surface area contributed by atoms with Crippen molar-refractivity contribution in [3.05, 3.63) is 96.2 Å². The van der Waals surface area contributed by atoms with E-state index in [0.717, 1.165) is 35.1 Å². The van der Waals surface area contributed by atoms with Crippen LogP contribution in [0.1, 0.15) is 36.8 Å². The van der Waals surface area contributed by atoms with Crippen LogP contribution in [-0.2, 0) is 22.6 Å². The van der Waals surface area contributed by atoms with E-state index >= 15 is 0 Å². The number of amides is 2. The van der Waals surface area contributed by atoms with Crippen molar-refractivity contribution >= 4 is 35.9 Å². The van der Waals surface area contributed by atoms with Gasteiger partial charge in [0.25, 0.3) is 5.91 Å². The number of rotatable bonds is 12. The molecule has 6 rings (SSSR count). The Morgan fingerprint density at radius 1 is 0.922 bits per heavy atom. The SMILES string of the molecule is CN(C)c1ncc(-c2ccc(C[C@H](N)C(=O)N(c3ccc(-c4nn[nH]n4)cc3)C(=O)[C@H]3CC[C@H](CN)CC3)cc2)c(OCc2ccccc2)n1.Cl. The van der Waals surface area contributed by atoms with Gasteiger partial charge < -0.3 is 21.1 Å². The molecule has 0 bridgehead atoms. The first-order chi connectivity index (χ1) is 24.3. The highest BCUT2D eigenvalue weighted by atomic mass is 35.5. The number of nitrogens with one attached hydrogen (secondary N) is 1. The average molecular weight is 711 g/mol. The zero-order valence-electron chi connectivity index (χ0n) is 28.7. The Morgan fingerprint density at radius 2 is 1.61 bits per heavy atom. The number of ether oxygens (including phenoxy) is 1. The minimum atomic E-state index is -0.963. The number of aromatic amines is 1. The van der Waals surface area contributed by atoms with Crippen molar-refractivity contribution in [2.45, 2.75) is 44.8 Å². The molecule has 1 aliphatic rings. The van der Waals surface area contributed by atoms with Crippen LogP contribution in [0.15, 0.2) is 85.1 Å². The van der Waals surface area contributed by atoms with Gasteiger partial charge in [-0.3, -0.25) is 9.59 Å². The van der Waals surface area contributed by atoms with Gasteiger partial charge in [0, 0.05) is 31.8 Å². The van der Waals surface area contributed by atoms with E-state index in [1.54, 1.807) is 30.5 Å². The fraction of sp³-hybridized carbons (Fsp3) is 0.324. The number of nitrogens with zero attached hydrogens (tertiary/aromatic N) is 7. The van der Waals surface area contributed by atoms with Crippen LogP contribution in [0.2, 0.25) is 0 Å². The van der Waals surface area contributed by atoms with Crippen molar-refractivity contribution < 1.29 is 14.3 Å². The van der Waals surface area contributed by atoms with Gasteiger partial charge in [0.05, 0.1) is 17.3 Å². The van der Waals surface area contributed by atoms with Crippen molar-refractivity contribution in [3.8, 4) is 28.4 Å². The number of benzene rings is 3. The molecule has 2 aromatic heterocycles. The van der Waals surface area contributed by atoms with Crippen molar-refractivity contribution in [1.29, 1.82) is 0 Å². The van der Waals surface area contributed by atoms with E-state index in [1.165, 1.54) is 4.90 Å². The highest BCUT2D eigenvalue weighted by Gasteiger charge is 2.35. The lowest BCUT2D eigenvalue weighted by Crippen LogP contribution is -2.50. The molecule has 5 N–H and O–H groups in total.